The maximum absolute atomic E-state index is 11.3. The van der Waals surface area contributed by atoms with Crippen LogP contribution in [-0.4, -0.2) is 33.6 Å². The topological polar surface area (TPSA) is 73.3 Å². The minimum Gasteiger partial charge on any atom is -0.476 e. The SMILES string of the molecule is CC(C)(C)OC(=O)NCCCOc1cnsn1. The summed E-state index contributed by atoms with van der Waals surface area (Å²) in [4.78, 5) is 11.3. The molecule has 0 atom stereocenters. The van der Waals surface area contributed by atoms with E-state index >= 15 is 0 Å². The number of ether oxygens (including phenoxy) is 2. The predicted molar refractivity (Wildman–Crippen MR) is 64.3 cm³/mol. The summed E-state index contributed by atoms with van der Waals surface area (Å²) in [5.74, 6) is 0.521. The minimum absolute atomic E-state index is 0.409. The second kappa shape index (κ2) is 6.39. The number of carbonyl (C=O) groups is 1. The lowest BCUT2D eigenvalue weighted by Crippen LogP contribution is -2.33. The first-order valence-electron chi connectivity index (χ1n) is 5.34. The van der Waals surface area contributed by atoms with Gasteiger partial charge in [0.15, 0.2) is 0 Å². The first-order chi connectivity index (χ1) is 7.97. The van der Waals surface area contributed by atoms with E-state index in [4.69, 9.17) is 9.47 Å². The number of hydrogen-bond acceptors (Lipinski definition) is 6. The zero-order valence-electron chi connectivity index (χ0n) is 10.2. The molecule has 1 heterocycles. The molecule has 0 saturated carbocycles. The summed E-state index contributed by atoms with van der Waals surface area (Å²) in [6.45, 7) is 6.47. The van der Waals surface area contributed by atoms with Gasteiger partial charge in [-0.2, -0.15) is 4.37 Å². The molecule has 0 fully saturated rings. The Morgan fingerprint density at radius 1 is 1.53 bits per heavy atom. The van der Waals surface area contributed by atoms with Crippen LogP contribution < -0.4 is 10.1 Å². The first-order valence-corrected chi connectivity index (χ1v) is 6.07. The molecule has 0 aliphatic carbocycles. The fourth-order valence-electron chi connectivity index (χ4n) is 0.973. The summed E-state index contributed by atoms with van der Waals surface area (Å²) in [5.41, 5.74) is -0.465. The summed E-state index contributed by atoms with van der Waals surface area (Å²) in [6.07, 6.45) is 1.84. The van der Waals surface area contributed by atoms with E-state index in [0.717, 1.165) is 11.7 Å². The quantitative estimate of drug-likeness (QED) is 0.817. The van der Waals surface area contributed by atoms with E-state index in [0.29, 0.717) is 25.5 Å². The molecular weight excluding hydrogens is 242 g/mol. The van der Waals surface area contributed by atoms with Crippen molar-refractivity contribution in [3.63, 3.8) is 0 Å². The van der Waals surface area contributed by atoms with E-state index in [2.05, 4.69) is 14.1 Å². The van der Waals surface area contributed by atoms with Gasteiger partial charge in [0.05, 0.1) is 18.3 Å². The zero-order chi connectivity index (χ0) is 12.7. The molecule has 0 aliphatic heterocycles. The molecule has 1 rings (SSSR count). The van der Waals surface area contributed by atoms with Crippen molar-refractivity contribution in [3.8, 4) is 5.88 Å². The van der Waals surface area contributed by atoms with Gasteiger partial charge in [-0.1, -0.05) is 0 Å². The van der Waals surface area contributed by atoms with Crippen molar-refractivity contribution in [1.29, 1.82) is 0 Å². The zero-order valence-corrected chi connectivity index (χ0v) is 11.0. The molecule has 96 valence electrons. The fourth-order valence-corrected chi connectivity index (χ4v) is 1.34. The maximum atomic E-state index is 11.3. The third kappa shape index (κ3) is 6.72. The summed E-state index contributed by atoms with van der Waals surface area (Å²) >= 11 is 1.10. The third-order valence-corrected chi connectivity index (χ3v) is 2.04. The lowest BCUT2D eigenvalue weighted by molar-refractivity contribution is 0.0525. The van der Waals surface area contributed by atoms with Gasteiger partial charge in [0.2, 0.25) is 5.88 Å². The maximum Gasteiger partial charge on any atom is 0.407 e. The fraction of sp³-hybridized carbons (Fsp3) is 0.700. The van der Waals surface area contributed by atoms with Crippen LogP contribution in [0, 0.1) is 0 Å². The van der Waals surface area contributed by atoms with E-state index in [1.165, 1.54) is 0 Å². The number of hydrogen-bond donors (Lipinski definition) is 1. The van der Waals surface area contributed by atoms with Crippen molar-refractivity contribution >= 4 is 17.8 Å². The Morgan fingerprint density at radius 3 is 2.88 bits per heavy atom. The Hall–Kier alpha value is -1.37. The van der Waals surface area contributed by atoms with E-state index < -0.39 is 11.7 Å². The van der Waals surface area contributed by atoms with Crippen molar-refractivity contribution in [2.75, 3.05) is 13.2 Å². The van der Waals surface area contributed by atoms with E-state index in [1.54, 1.807) is 6.20 Å². The Kier molecular flexibility index (Phi) is 5.14. The number of rotatable bonds is 5. The van der Waals surface area contributed by atoms with Crippen LogP contribution in [0.4, 0.5) is 4.79 Å². The third-order valence-electron chi connectivity index (χ3n) is 1.58. The molecule has 1 amide bonds. The second-order valence-electron chi connectivity index (χ2n) is 4.38. The van der Waals surface area contributed by atoms with Gasteiger partial charge in [0.1, 0.15) is 11.8 Å². The molecule has 0 radical (unpaired) electrons. The number of nitrogens with one attached hydrogen (secondary N) is 1. The van der Waals surface area contributed by atoms with E-state index in [-0.39, 0.29) is 0 Å². The van der Waals surface area contributed by atoms with Crippen molar-refractivity contribution in [3.05, 3.63) is 6.20 Å². The second-order valence-corrected chi connectivity index (χ2v) is 4.93. The molecule has 0 spiro atoms. The van der Waals surface area contributed by atoms with Crippen LogP contribution in [-0.2, 0) is 4.74 Å². The van der Waals surface area contributed by atoms with Crippen molar-refractivity contribution in [2.24, 2.45) is 0 Å². The molecule has 1 aromatic rings. The highest BCUT2D eigenvalue weighted by Gasteiger charge is 2.15. The smallest absolute Gasteiger partial charge is 0.407 e. The number of alkyl carbamates (subject to hydrolysis) is 1. The highest BCUT2D eigenvalue weighted by molar-refractivity contribution is 6.99. The average Bonchev–Trinajstić information content (AvgIpc) is 2.67. The summed E-state index contributed by atoms with van der Waals surface area (Å²) in [5, 5.41) is 2.64. The Balaban J connectivity index is 2.02. The number of nitrogens with zero attached hydrogens (tertiary/aromatic N) is 2. The van der Waals surface area contributed by atoms with Crippen molar-refractivity contribution < 1.29 is 14.3 Å². The van der Waals surface area contributed by atoms with Gasteiger partial charge in [-0.05, 0) is 27.2 Å². The van der Waals surface area contributed by atoms with Crippen LogP contribution in [0.15, 0.2) is 6.20 Å². The van der Waals surface area contributed by atoms with E-state index in [1.807, 2.05) is 20.8 Å². The molecule has 0 aliphatic rings. The predicted octanol–water partition coefficient (Wildman–Crippen LogP) is 1.83. The normalized spacial score (nSPS) is 11.0. The van der Waals surface area contributed by atoms with Crippen LogP contribution >= 0.6 is 11.7 Å². The van der Waals surface area contributed by atoms with Crippen LogP contribution in [0.25, 0.3) is 0 Å². The average molecular weight is 259 g/mol. The standard InChI is InChI=1S/C10H17N3O3S/c1-10(2,3)16-9(14)11-5-4-6-15-8-7-12-17-13-8/h7H,4-6H2,1-3H3,(H,11,14). The molecule has 0 aromatic carbocycles. The molecule has 0 saturated heterocycles. The summed E-state index contributed by atoms with van der Waals surface area (Å²) in [6, 6.07) is 0. The molecule has 6 nitrogen and oxygen atoms in total. The van der Waals surface area contributed by atoms with Crippen molar-refractivity contribution in [2.45, 2.75) is 32.8 Å². The first kappa shape index (κ1) is 13.7. The Bertz CT molecular complexity index is 335. The number of carbonyl (C=O) groups excluding carboxylic acids is 1. The highest BCUT2D eigenvalue weighted by Crippen LogP contribution is 2.06. The van der Waals surface area contributed by atoms with Gasteiger partial charge in [-0.15, -0.1) is 4.37 Å². The van der Waals surface area contributed by atoms with Gasteiger partial charge in [-0.3, -0.25) is 0 Å². The highest BCUT2D eigenvalue weighted by atomic mass is 32.1. The molecule has 17 heavy (non-hydrogen) atoms. The largest absolute Gasteiger partial charge is 0.476 e. The number of amides is 1. The van der Waals surface area contributed by atoms with Crippen LogP contribution in [0.2, 0.25) is 0 Å². The Morgan fingerprint density at radius 2 is 2.29 bits per heavy atom. The van der Waals surface area contributed by atoms with Gasteiger partial charge in [0, 0.05) is 6.54 Å². The molecule has 0 unspecified atom stereocenters. The van der Waals surface area contributed by atoms with E-state index in [9.17, 15) is 4.79 Å². The minimum atomic E-state index is -0.465. The lowest BCUT2D eigenvalue weighted by atomic mass is 10.2. The van der Waals surface area contributed by atoms with Gasteiger partial charge >= 0.3 is 6.09 Å². The molecule has 1 aromatic heterocycles. The lowest BCUT2D eigenvalue weighted by Gasteiger charge is -2.19. The van der Waals surface area contributed by atoms with Gasteiger partial charge in [-0.25, -0.2) is 4.79 Å². The van der Waals surface area contributed by atoms with Gasteiger partial charge in [0.25, 0.3) is 0 Å². The molecular formula is C10H17N3O3S. The van der Waals surface area contributed by atoms with Crippen molar-refractivity contribution in [1.82, 2.24) is 14.1 Å². The molecule has 1 N–H and O–H groups in total. The monoisotopic (exact) mass is 259 g/mol. The molecule has 0 bridgehead atoms. The van der Waals surface area contributed by atoms with Gasteiger partial charge < -0.3 is 14.8 Å². The number of aromatic nitrogens is 2. The Labute approximate surface area is 105 Å². The van der Waals surface area contributed by atoms with Crippen LogP contribution in [0.3, 0.4) is 0 Å². The van der Waals surface area contributed by atoms with Crippen LogP contribution in [0.5, 0.6) is 5.88 Å². The summed E-state index contributed by atoms with van der Waals surface area (Å²) < 4.78 is 18.1. The summed E-state index contributed by atoms with van der Waals surface area (Å²) in [7, 11) is 0. The van der Waals surface area contributed by atoms with Crippen LogP contribution in [0.1, 0.15) is 27.2 Å². The molecule has 7 heteroatoms.